The number of rotatable bonds is 3. The maximum Gasteiger partial charge on any atom is 0.267 e. The fraction of sp³-hybridized carbons (Fsp3) is 0.333. The van der Waals surface area contributed by atoms with Crippen LogP contribution in [0.4, 0.5) is 0 Å². The van der Waals surface area contributed by atoms with Gasteiger partial charge < -0.3 is 10.3 Å². The second-order valence-electron chi connectivity index (χ2n) is 7.79. The van der Waals surface area contributed by atoms with Crippen molar-refractivity contribution in [2.75, 3.05) is 0 Å². The fourth-order valence-corrected chi connectivity index (χ4v) is 3.78. The molecule has 1 saturated heterocycles. The molecule has 1 aliphatic rings. The van der Waals surface area contributed by atoms with E-state index >= 15 is 0 Å². The topological polar surface area (TPSA) is 62.0 Å². The monoisotopic (exact) mass is 404 g/mol. The molecule has 1 amide bonds. The smallest absolute Gasteiger partial charge is 0.267 e. The number of nitrogens with one attached hydrogen (secondary N) is 2. The van der Waals surface area contributed by atoms with Gasteiger partial charge in [0.05, 0.1) is 0 Å². The SMILES string of the molecule is CC(C)(C)c1ccc(/C(=C\[C@H]2CCC(=O)N2)c2ccc(Cl)c(=O)[nH]2)cc1Cl. The van der Waals surface area contributed by atoms with Crippen LogP contribution in [0, 0.1) is 0 Å². The number of aromatic nitrogens is 1. The third-order valence-corrected chi connectivity index (χ3v) is 5.25. The number of amides is 1. The summed E-state index contributed by atoms with van der Waals surface area (Å²) in [5, 5.41) is 3.73. The second kappa shape index (κ2) is 7.53. The Morgan fingerprint density at radius 2 is 1.85 bits per heavy atom. The number of benzene rings is 1. The molecule has 1 aromatic carbocycles. The van der Waals surface area contributed by atoms with Crippen molar-refractivity contribution in [3.05, 3.63) is 73.6 Å². The number of hydrogen-bond donors (Lipinski definition) is 2. The summed E-state index contributed by atoms with van der Waals surface area (Å²) in [6.07, 6.45) is 3.18. The van der Waals surface area contributed by atoms with Crippen molar-refractivity contribution in [1.29, 1.82) is 0 Å². The third kappa shape index (κ3) is 4.45. The molecule has 1 fully saturated rings. The molecular formula is C21H22Cl2N2O2. The van der Waals surface area contributed by atoms with E-state index in [1.54, 1.807) is 12.1 Å². The Morgan fingerprint density at radius 3 is 2.41 bits per heavy atom. The molecule has 1 aliphatic heterocycles. The molecule has 0 saturated carbocycles. The molecule has 6 heteroatoms. The number of halogens is 2. The van der Waals surface area contributed by atoms with Crippen LogP contribution in [0.1, 0.15) is 50.4 Å². The lowest BCUT2D eigenvalue weighted by molar-refractivity contribution is -0.119. The minimum absolute atomic E-state index is 0.0290. The zero-order valence-corrected chi connectivity index (χ0v) is 17.0. The summed E-state index contributed by atoms with van der Waals surface area (Å²) in [4.78, 5) is 26.4. The van der Waals surface area contributed by atoms with Crippen LogP contribution in [-0.4, -0.2) is 16.9 Å². The molecule has 0 radical (unpaired) electrons. The molecule has 142 valence electrons. The maximum absolute atomic E-state index is 12.0. The van der Waals surface area contributed by atoms with E-state index in [0.717, 1.165) is 16.7 Å². The third-order valence-electron chi connectivity index (χ3n) is 4.64. The number of hydrogen-bond acceptors (Lipinski definition) is 2. The zero-order chi connectivity index (χ0) is 19.8. The molecule has 2 heterocycles. The van der Waals surface area contributed by atoms with Crippen LogP contribution < -0.4 is 10.9 Å². The van der Waals surface area contributed by atoms with Gasteiger partial charge in [-0.1, -0.05) is 62.2 Å². The van der Waals surface area contributed by atoms with E-state index in [9.17, 15) is 9.59 Å². The van der Waals surface area contributed by atoms with Gasteiger partial charge in [-0.15, -0.1) is 0 Å². The largest absolute Gasteiger partial charge is 0.350 e. The second-order valence-corrected chi connectivity index (χ2v) is 8.60. The molecule has 1 aromatic heterocycles. The van der Waals surface area contributed by atoms with Gasteiger partial charge in [0.2, 0.25) is 5.91 Å². The normalized spacial score (nSPS) is 17.9. The van der Waals surface area contributed by atoms with Crippen LogP contribution in [0.25, 0.3) is 5.57 Å². The predicted octanol–water partition coefficient (Wildman–Crippen LogP) is 4.69. The standard InChI is InChI=1S/C21H22Cl2N2O2/c1-21(2,3)15-6-4-12(10-17(15)23)14(11-13-5-9-19(26)24-13)18-8-7-16(22)20(27)25-18/h4,6-8,10-11,13H,5,9H2,1-3H3,(H,24,26)(H,25,27)/b14-11+/t13-/m1/s1. The fourth-order valence-electron chi connectivity index (χ4n) is 3.21. The molecule has 0 aliphatic carbocycles. The minimum Gasteiger partial charge on any atom is -0.350 e. The predicted molar refractivity (Wildman–Crippen MR) is 110 cm³/mol. The van der Waals surface area contributed by atoms with Crippen molar-refractivity contribution >= 4 is 34.7 Å². The lowest BCUT2D eigenvalue weighted by atomic mass is 9.85. The van der Waals surface area contributed by atoms with Gasteiger partial charge in [-0.2, -0.15) is 0 Å². The van der Waals surface area contributed by atoms with Crippen LogP contribution >= 0.6 is 23.2 Å². The Hall–Kier alpha value is -2.04. The van der Waals surface area contributed by atoms with E-state index in [-0.39, 0.29) is 27.9 Å². The number of carbonyl (C=O) groups excluding carboxylic acids is 1. The Labute approximate surface area is 168 Å². The van der Waals surface area contributed by atoms with Crippen LogP contribution in [0.15, 0.2) is 41.2 Å². The summed E-state index contributed by atoms with van der Waals surface area (Å²) in [5.41, 5.74) is 2.92. The molecule has 27 heavy (non-hydrogen) atoms. The van der Waals surface area contributed by atoms with Crippen molar-refractivity contribution in [2.24, 2.45) is 0 Å². The van der Waals surface area contributed by atoms with E-state index in [1.165, 1.54) is 0 Å². The van der Waals surface area contributed by atoms with Crippen molar-refractivity contribution in [1.82, 2.24) is 10.3 Å². The van der Waals surface area contributed by atoms with E-state index in [4.69, 9.17) is 23.2 Å². The Bertz CT molecular complexity index is 971. The van der Waals surface area contributed by atoms with Gasteiger partial charge in [-0.3, -0.25) is 9.59 Å². The molecule has 4 nitrogen and oxygen atoms in total. The van der Waals surface area contributed by atoms with Crippen molar-refractivity contribution in [3.8, 4) is 0 Å². The molecule has 2 N–H and O–H groups in total. The van der Waals surface area contributed by atoms with Gasteiger partial charge in [0.15, 0.2) is 0 Å². The first-order valence-electron chi connectivity index (χ1n) is 8.86. The molecular weight excluding hydrogens is 383 g/mol. The van der Waals surface area contributed by atoms with Crippen LogP contribution in [0.2, 0.25) is 10.0 Å². The summed E-state index contributed by atoms with van der Waals surface area (Å²) < 4.78 is 0. The average molecular weight is 405 g/mol. The van der Waals surface area contributed by atoms with Crippen LogP contribution in [0.3, 0.4) is 0 Å². The molecule has 0 unspecified atom stereocenters. The summed E-state index contributed by atoms with van der Waals surface area (Å²) in [6.45, 7) is 6.32. The van der Waals surface area contributed by atoms with Crippen molar-refractivity contribution in [3.63, 3.8) is 0 Å². The lowest BCUT2D eigenvalue weighted by Crippen LogP contribution is -2.23. The number of pyridine rings is 1. The Kier molecular flexibility index (Phi) is 5.50. The highest BCUT2D eigenvalue weighted by atomic mass is 35.5. The van der Waals surface area contributed by atoms with Gasteiger partial charge in [0, 0.05) is 28.8 Å². The van der Waals surface area contributed by atoms with E-state index in [2.05, 4.69) is 31.1 Å². The average Bonchev–Trinajstić information content (AvgIpc) is 2.99. The van der Waals surface area contributed by atoms with Gasteiger partial charge in [-0.25, -0.2) is 0 Å². The Balaban J connectivity index is 2.11. The van der Waals surface area contributed by atoms with E-state index < -0.39 is 0 Å². The summed E-state index contributed by atoms with van der Waals surface area (Å²) in [6, 6.07) is 9.14. The molecule has 0 spiro atoms. The van der Waals surface area contributed by atoms with Gasteiger partial charge in [-0.05, 0) is 41.2 Å². The highest BCUT2D eigenvalue weighted by Gasteiger charge is 2.22. The highest BCUT2D eigenvalue weighted by molar-refractivity contribution is 6.31. The number of carbonyl (C=O) groups is 1. The number of H-pyrrole nitrogens is 1. The van der Waals surface area contributed by atoms with Crippen LogP contribution in [-0.2, 0) is 10.2 Å². The van der Waals surface area contributed by atoms with Crippen molar-refractivity contribution in [2.45, 2.75) is 45.1 Å². The quantitative estimate of drug-likeness (QED) is 0.778. The van der Waals surface area contributed by atoms with Gasteiger partial charge in [0.25, 0.3) is 5.56 Å². The molecule has 0 bridgehead atoms. The first-order chi connectivity index (χ1) is 12.6. The lowest BCUT2D eigenvalue weighted by Gasteiger charge is -2.22. The highest BCUT2D eigenvalue weighted by Crippen LogP contribution is 2.33. The maximum atomic E-state index is 12.0. The van der Waals surface area contributed by atoms with Gasteiger partial charge in [0.1, 0.15) is 5.02 Å². The van der Waals surface area contributed by atoms with Gasteiger partial charge >= 0.3 is 0 Å². The first-order valence-corrected chi connectivity index (χ1v) is 9.61. The van der Waals surface area contributed by atoms with Crippen molar-refractivity contribution < 1.29 is 4.79 Å². The summed E-state index contributed by atoms with van der Waals surface area (Å²) >= 11 is 12.4. The Morgan fingerprint density at radius 1 is 1.11 bits per heavy atom. The minimum atomic E-state index is -0.354. The molecule has 3 rings (SSSR count). The first kappa shape index (κ1) is 19.7. The van der Waals surface area contributed by atoms with E-state index in [0.29, 0.717) is 23.6 Å². The molecule has 2 aromatic rings. The number of aromatic amines is 1. The summed E-state index contributed by atoms with van der Waals surface area (Å²) in [5.74, 6) is 0.0290. The van der Waals surface area contributed by atoms with Crippen LogP contribution in [0.5, 0.6) is 0 Å². The zero-order valence-electron chi connectivity index (χ0n) is 15.5. The van der Waals surface area contributed by atoms with E-state index in [1.807, 2.05) is 24.3 Å². The molecule has 1 atom stereocenters. The summed E-state index contributed by atoms with van der Waals surface area (Å²) in [7, 11) is 0.